The number of benzene rings is 1. The third-order valence-corrected chi connectivity index (χ3v) is 3.47. The number of piperidine rings is 1. The van der Waals surface area contributed by atoms with Gasteiger partial charge in [0.05, 0.1) is 0 Å². The van der Waals surface area contributed by atoms with Gasteiger partial charge in [-0.05, 0) is 50.6 Å². The van der Waals surface area contributed by atoms with Crippen LogP contribution >= 0.6 is 0 Å². The van der Waals surface area contributed by atoms with E-state index in [4.69, 9.17) is 0 Å². The van der Waals surface area contributed by atoms with Gasteiger partial charge in [0.1, 0.15) is 0 Å². The zero-order valence-corrected chi connectivity index (χ0v) is 11.6. The highest BCUT2D eigenvalue weighted by atomic mass is 16.1. The third-order valence-electron chi connectivity index (χ3n) is 3.47. The van der Waals surface area contributed by atoms with Crippen molar-refractivity contribution >= 4 is 17.3 Å². The molecule has 1 aromatic carbocycles. The van der Waals surface area contributed by atoms with Crippen molar-refractivity contribution in [3.05, 3.63) is 24.3 Å². The van der Waals surface area contributed by atoms with Crippen molar-refractivity contribution in [3.63, 3.8) is 0 Å². The number of carbonyl (C=O) groups excluding carboxylic acids is 1. The van der Waals surface area contributed by atoms with Crippen LogP contribution in [0.15, 0.2) is 24.3 Å². The van der Waals surface area contributed by atoms with Crippen LogP contribution in [0.4, 0.5) is 11.4 Å². The third kappa shape index (κ3) is 4.24. The van der Waals surface area contributed by atoms with E-state index in [2.05, 4.69) is 27.7 Å². The van der Waals surface area contributed by atoms with Gasteiger partial charge in [-0.1, -0.05) is 0 Å². The smallest absolute Gasteiger partial charge is 0.225 e. The number of anilines is 2. The lowest BCUT2D eigenvalue weighted by Gasteiger charge is -2.28. The molecule has 2 rings (SSSR count). The van der Waals surface area contributed by atoms with Crippen LogP contribution in [-0.2, 0) is 4.79 Å². The molecule has 4 heteroatoms. The number of carbonyl (C=O) groups is 1. The Morgan fingerprint density at radius 3 is 2.47 bits per heavy atom. The lowest BCUT2D eigenvalue weighted by Crippen LogP contribution is -2.29. The fraction of sp³-hybridized carbons (Fsp3) is 0.533. The molecule has 0 bridgehead atoms. The van der Waals surface area contributed by atoms with Gasteiger partial charge in [-0.15, -0.1) is 0 Å². The molecule has 19 heavy (non-hydrogen) atoms. The summed E-state index contributed by atoms with van der Waals surface area (Å²) < 4.78 is 0. The summed E-state index contributed by atoms with van der Waals surface area (Å²) in [5, 5.41) is 5.88. The molecule has 0 atom stereocenters. The molecule has 0 unspecified atom stereocenters. The van der Waals surface area contributed by atoms with Crippen LogP contribution < -0.4 is 15.5 Å². The maximum Gasteiger partial charge on any atom is 0.225 e. The van der Waals surface area contributed by atoms with Gasteiger partial charge in [-0.25, -0.2) is 0 Å². The molecule has 4 nitrogen and oxygen atoms in total. The zero-order valence-electron chi connectivity index (χ0n) is 11.6. The van der Waals surface area contributed by atoms with Crippen molar-refractivity contribution in [2.75, 3.05) is 36.9 Å². The van der Waals surface area contributed by atoms with E-state index in [0.29, 0.717) is 13.0 Å². The average Bonchev–Trinajstić information content (AvgIpc) is 2.47. The van der Waals surface area contributed by atoms with E-state index >= 15 is 0 Å². The number of hydrogen-bond acceptors (Lipinski definition) is 3. The standard InChI is InChI=1S/C15H23N3O/c1-16-10-9-15(19)17-13-5-7-14(8-6-13)18-11-3-2-4-12-18/h5-8,16H,2-4,9-12H2,1H3,(H,17,19). The quantitative estimate of drug-likeness (QED) is 0.854. The number of amides is 1. The van der Waals surface area contributed by atoms with Gasteiger partial charge < -0.3 is 15.5 Å². The molecule has 1 saturated heterocycles. The van der Waals surface area contributed by atoms with E-state index in [1.54, 1.807) is 0 Å². The Hall–Kier alpha value is -1.55. The van der Waals surface area contributed by atoms with Gasteiger partial charge in [-0.3, -0.25) is 4.79 Å². The van der Waals surface area contributed by atoms with Gasteiger partial charge in [0.15, 0.2) is 0 Å². The van der Waals surface area contributed by atoms with Crippen LogP contribution in [0.1, 0.15) is 25.7 Å². The molecule has 1 aliphatic heterocycles. The first-order valence-corrected chi connectivity index (χ1v) is 7.09. The van der Waals surface area contributed by atoms with Crippen molar-refractivity contribution in [2.45, 2.75) is 25.7 Å². The summed E-state index contributed by atoms with van der Waals surface area (Å²) in [6, 6.07) is 8.17. The Morgan fingerprint density at radius 2 is 1.84 bits per heavy atom. The molecule has 1 aromatic rings. The fourth-order valence-electron chi connectivity index (χ4n) is 2.37. The number of hydrogen-bond donors (Lipinski definition) is 2. The van der Waals surface area contributed by atoms with E-state index < -0.39 is 0 Å². The van der Waals surface area contributed by atoms with E-state index in [-0.39, 0.29) is 5.91 Å². The topological polar surface area (TPSA) is 44.4 Å². The Balaban J connectivity index is 1.88. The van der Waals surface area contributed by atoms with Gasteiger partial charge >= 0.3 is 0 Å². The Bertz CT molecular complexity index is 396. The molecule has 2 N–H and O–H groups in total. The van der Waals surface area contributed by atoms with E-state index in [1.807, 2.05) is 19.2 Å². The molecule has 0 saturated carbocycles. The molecule has 0 aliphatic carbocycles. The minimum absolute atomic E-state index is 0.0556. The fourth-order valence-corrected chi connectivity index (χ4v) is 2.37. The summed E-state index contributed by atoms with van der Waals surface area (Å²) in [5.41, 5.74) is 2.13. The lowest BCUT2D eigenvalue weighted by molar-refractivity contribution is -0.116. The molecule has 104 valence electrons. The van der Waals surface area contributed by atoms with Crippen LogP contribution in [0.3, 0.4) is 0 Å². The second kappa shape index (κ2) is 7.14. The second-order valence-corrected chi connectivity index (χ2v) is 5.00. The van der Waals surface area contributed by atoms with Crippen LogP contribution in [0.5, 0.6) is 0 Å². The van der Waals surface area contributed by atoms with Crippen LogP contribution in [0.2, 0.25) is 0 Å². The zero-order chi connectivity index (χ0) is 13.5. The number of nitrogens with zero attached hydrogens (tertiary/aromatic N) is 1. The van der Waals surface area contributed by atoms with Crippen LogP contribution in [0.25, 0.3) is 0 Å². The van der Waals surface area contributed by atoms with E-state index in [1.165, 1.54) is 24.9 Å². The normalized spacial score (nSPS) is 15.3. The Morgan fingerprint density at radius 1 is 1.16 bits per heavy atom. The van der Waals surface area contributed by atoms with Gasteiger partial charge in [0.25, 0.3) is 0 Å². The summed E-state index contributed by atoms with van der Waals surface area (Å²) in [6.07, 6.45) is 4.41. The van der Waals surface area contributed by atoms with Crippen LogP contribution in [0, 0.1) is 0 Å². The molecular formula is C15H23N3O. The maximum absolute atomic E-state index is 11.6. The summed E-state index contributed by atoms with van der Waals surface area (Å²) in [7, 11) is 1.85. The predicted molar refractivity (Wildman–Crippen MR) is 79.7 cm³/mol. The highest BCUT2D eigenvalue weighted by Gasteiger charge is 2.10. The summed E-state index contributed by atoms with van der Waals surface area (Å²) in [4.78, 5) is 14.0. The van der Waals surface area contributed by atoms with Crippen molar-refractivity contribution in [1.29, 1.82) is 0 Å². The van der Waals surface area contributed by atoms with Crippen molar-refractivity contribution in [2.24, 2.45) is 0 Å². The summed E-state index contributed by atoms with van der Waals surface area (Å²) in [5.74, 6) is 0.0556. The average molecular weight is 261 g/mol. The monoisotopic (exact) mass is 261 g/mol. The Labute approximate surface area is 115 Å². The van der Waals surface area contributed by atoms with Gasteiger partial charge in [0.2, 0.25) is 5.91 Å². The summed E-state index contributed by atoms with van der Waals surface area (Å²) in [6.45, 7) is 3.00. The molecule has 1 aliphatic rings. The minimum atomic E-state index is 0.0556. The maximum atomic E-state index is 11.6. The van der Waals surface area contributed by atoms with E-state index in [0.717, 1.165) is 18.8 Å². The second-order valence-electron chi connectivity index (χ2n) is 5.00. The highest BCUT2D eigenvalue weighted by molar-refractivity contribution is 5.91. The molecule has 1 amide bonds. The first kappa shape index (κ1) is 13.9. The first-order valence-electron chi connectivity index (χ1n) is 7.09. The lowest BCUT2D eigenvalue weighted by atomic mass is 10.1. The first-order chi connectivity index (χ1) is 9.29. The molecule has 1 fully saturated rings. The predicted octanol–water partition coefficient (Wildman–Crippen LogP) is 2.22. The number of nitrogens with one attached hydrogen (secondary N) is 2. The van der Waals surface area contributed by atoms with E-state index in [9.17, 15) is 4.79 Å². The number of rotatable bonds is 5. The summed E-state index contributed by atoms with van der Waals surface area (Å²) >= 11 is 0. The Kier molecular flexibility index (Phi) is 5.21. The van der Waals surface area contributed by atoms with Gasteiger partial charge in [-0.2, -0.15) is 0 Å². The minimum Gasteiger partial charge on any atom is -0.372 e. The van der Waals surface area contributed by atoms with Crippen molar-refractivity contribution in [1.82, 2.24) is 5.32 Å². The molecule has 0 spiro atoms. The molecule has 0 aromatic heterocycles. The van der Waals surface area contributed by atoms with Gasteiger partial charge in [0, 0.05) is 37.4 Å². The van der Waals surface area contributed by atoms with Crippen molar-refractivity contribution in [3.8, 4) is 0 Å². The highest BCUT2D eigenvalue weighted by Crippen LogP contribution is 2.21. The van der Waals surface area contributed by atoms with Crippen LogP contribution in [-0.4, -0.2) is 32.6 Å². The molecule has 0 radical (unpaired) electrons. The SMILES string of the molecule is CNCCC(=O)Nc1ccc(N2CCCCC2)cc1. The molecule has 1 heterocycles. The molecular weight excluding hydrogens is 238 g/mol. The largest absolute Gasteiger partial charge is 0.372 e. The van der Waals surface area contributed by atoms with Crippen molar-refractivity contribution < 1.29 is 4.79 Å².